The van der Waals surface area contributed by atoms with E-state index in [1.165, 1.54) is 0 Å². The van der Waals surface area contributed by atoms with Crippen LogP contribution in [-0.2, 0) is 9.47 Å². The number of amides is 1. The molecular weight excluding hydrogens is 416 g/mol. The Hall–Kier alpha value is -2.44. The van der Waals surface area contributed by atoms with E-state index in [4.69, 9.17) is 14.2 Å². The van der Waals surface area contributed by atoms with Crippen molar-refractivity contribution in [2.24, 2.45) is 0 Å². The number of rotatable bonds is 6. The van der Waals surface area contributed by atoms with E-state index in [1.807, 2.05) is 63.1 Å². The van der Waals surface area contributed by atoms with Gasteiger partial charge in [-0.25, -0.2) is 0 Å². The predicted octanol–water partition coefficient (Wildman–Crippen LogP) is 5.11. The van der Waals surface area contributed by atoms with Crippen molar-refractivity contribution in [3.05, 3.63) is 59.4 Å². The van der Waals surface area contributed by atoms with Crippen molar-refractivity contribution in [3.8, 4) is 5.75 Å². The van der Waals surface area contributed by atoms with Gasteiger partial charge in [-0.3, -0.25) is 9.78 Å². The molecule has 0 saturated carbocycles. The highest BCUT2D eigenvalue weighted by Gasteiger charge is 2.45. The van der Waals surface area contributed by atoms with Crippen LogP contribution in [0.3, 0.4) is 0 Å². The maximum Gasteiger partial charge on any atom is 0.253 e. The molecule has 2 aliphatic heterocycles. The molecule has 0 bridgehead atoms. The topological polar surface area (TPSA) is 60.9 Å². The van der Waals surface area contributed by atoms with E-state index < -0.39 is 0 Å². The van der Waals surface area contributed by atoms with Crippen molar-refractivity contribution in [1.29, 1.82) is 0 Å². The van der Waals surface area contributed by atoms with Crippen molar-refractivity contribution in [2.45, 2.75) is 77.3 Å². The minimum absolute atomic E-state index is 0.0256. The average molecular weight is 453 g/mol. The number of hydrogen-bond donors (Lipinski definition) is 0. The van der Waals surface area contributed by atoms with Gasteiger partial charge >= 0.3 is 0 Å². The molecule has 2 fully saturated rings. The van der Waals surface area contributed by atoms with Gasteiger partial charge in [-0.2, -0.15) is 0 Å². The van der Waals surface area contributed by atoms with Gasteiger partial charge in [-0.05, 0) is 75.9 Å². The van der Waals surface area contributed by atoms with Gasteiger partial charge in [-0.1, -0.05) is 6.07 Å². The van der Waals surface area contributed by atoms with Crippen molar-refractivity contribution >= 4 is 5.91 Å². The fourth-order valence-electron chi connectivity index (χ4n) is 5.06. The molecule has 1 aromatic heterocycles. The third-order valence-electron chi connectivity index (χ3n) is 6.67. The van der Waals surface area contributed by atoms with Gasteiger partial charge in [-0.15, -0.1) is 0 Å². The minimum Gasteiger partial charge on any atom is -0.491 e. The minimum atomic E-state index is -0.264. The Labute approximate surface area is 197 Å². The number of piperidine rings is 1. The molecule has 1 spiro atoms. The SMILES string of the molecule is CCOC1CC(c2cccnc2)OC2(CCN(C(=O)c3ccc(OC(C)C)c(C)c3)CC2)C1. The van der Waals surface area contributed by atoms with Crippen molar-refractivity contribution in [2.75, 3.05) is 19.7 Å². The van der Waals surface area contributed by atoms with Gasteiger partial charge in [0.2, 0.25) is 0 Å². The Morgan fingerprint density at radius 3 is 2.70 bits per heavy atom. The smallest absolute Gasteiger partial charge is 0.253 e. The van der Waals surface area contributed by atoms with Crippen molar-refractivity contribution in [3.63, 3.8) is 0 Å². The van der Waals surface area contributed by atoms with E-state index in [9.17, 15) is 4.79 Å². The van der Waals surface area contributed by atoms with Crippen LogP contribution in [0.25, 0.3) is 0 Å². The zero-order valence-corrected chi connectivity index (χ0v) is 20.3. The molecule has 33 heavy (non-hydrogen) atoms. The van der Waals surface area contributed by atoms with Gasteiger partial charge < -0.3 is 19.1 Å². The summed E-state index contributed by atoms with van der Waals surface area (Å²) < 4.78 is 18.6. The summed E-state index contributed by atoms with van der Waals surface area (Å²) in [6.45, 7) is 10.1. The van der Waals surface area contributed by atoms with Crippen LogP contribution in [0.5, 0.6) is 5.75 Å². The molecule has 0 N–H and O–H groups in total. The number of benzene rings is 1. The fourth-order valence-corrected chi connectivity index (χ4v) is 5.06. The molecule has 2 unspecified atom stereocenters. The van der Waals surface area contributed by atoms with Gasteiger partial charge in [0.1, 0.15) is 5.75 Å². The van der Waals surface area contributed by atoms with E-state index >= 15 is 0 Å². The maximum atomic E-state index is 13.2. The summed E-state index contributed by atoms with van der Waals surface area (Å²) >= 11 is 0. The van der Waals surface area contributed by atoms with E-state index in [-0.39, 0.29) is 29.8 Å². The molecule has 1 amide bonds. The Morgan fingerprint density at radius 1 is 1.27 bits per heavy atom. The van der Waals surface area contributed by atoms with Gasteiger partial charge in [0.25, 0.3) is 5.91 Å². The largest absolute Gasteiger partial charge is 0.491 e. The number of aryl methyl sites for hydroxylation is 1. The van der Waals surface area contributed by atoms with E-state index in [0.29, 0.717) is 25.3 Å². The van der Waals surface area contributed by atoms with Crippen LogP contribution in [0, 0.1) is 6.92 Å². The van der Waals surface area contributed by atoms with E-state index in [2.05, 4.69) is 11.1 Å². The van der Waals surface area contributed by atoms with Crippen molar-refractivity contribution in [1.82, 2.24) is 9.88 Å². The molecule has 3 heterocycles. The van der Waals surface area contributed by atoms with Crippen LogP contribution < -0.4 is 4.74 Å². The summed E-state index contributed by atoms with van der Waals surface area (Å²) in [5.41, 5.74) is 2.53. The number of nitrogens with zero attached hydrogens (tertiary/aromatic N) is 2. The van der Waals surface area contributed by atoms with Crippen LogP contribution in [0.15, 0.2) is 42.7 Å². The van der Waals surface area contributed by atoms with Crippen molar-refractivity contribution < 1.29 is 19.0 Å². The molecular formula is C27H36N2O4. The van der Waals surface area contributed by atoms with Crippen LogP contribution in [0.1, 0.15) is 74.0 Å². The summed E-state index contributed by atoms with van der Waals surface area (Å²) in [6, 6.07) is 9.75. The Balaban J connectivity index is 1.44. The standard InChI is InChI=1S/C27H36N2O4/c1-5-31-23-16-25(22-7-6-12-28-18-22)33-27(17-23)10-13-29(14-11-27)26(30)21-8-9-24(20(4)15-21)32-19(2)3/h6-9,12,15,18-19,23,25H,5,10-11,13-14,16-17H2,1-4H3. The normalized spacial score (nSPS) is 22.5. The fraction of sp³-hybridized carbons (Fsp3) is 0.556. The molecule has 0 aliphatic carbocycles. The summed E-state index contributed by atoms with van der Waals surface area (Å²) in [5, 5.41) is 0. The van der Waals surface area contributed by atoms with Crippen LogP contribution in [-0.4, -0.2) is 53.3 Å². The summed E-state index contributed by atoms with van der Waals surface area (Å²) in [6.07, 6.45) is 7.26. The molecule has 2 atom stereocenters. The van der Waals surface area contributed by atoms with Crippen LogP contribution in [0.2, 0.25) is 0 Å². The second kappa shape index (κ2) is 10.2. The molecule has 0 radical (unpaired) electrons. The highest BCUT2D eigenvalue weighted by Crippen LogP contribution is 2.44. The zero-order valence-electron chi connectivity index (χ0n) is 20.3. The monoisotopic (exact) mass is 452 g/mol. The maximum absolute atomic E-state index is 13.2. The molecule has 2 saturated heterocycles. The van der Waals surface area contributed by atoms with Gasteiger partial charge in [0, 0.05) is 50.5 Å². The van der Waals surface area contributed by atoms with Crippen LogP contribution >= 0.6 is 0 Å². The summed E-state index contributed by atoms with van der Waals surface area (Å²) in [4.78, 5) is 19.5. The molecule has 178 valence electrons. The third-order valence-corrected chi connectivity index (χ3v) is 6.67. The molecule has 2 aromatic rings. The lowest BCUT2D eigenvalue weighted by atomic mass is 9.80. The molecule has 2 aliphatic rings. The van der Waals surface area contributed by atoms with Gasteiger partial charge in [0.15, 0.2) is 0 Å². The summed E-state index contributed by atoms with van der Waals surface area (Å²) in [5.74, 6) is 0.906. The molecule has 6 heteroatoms. The molecule has 1 aromatic carbocycles. The number of pyridine rings is 1. The Bertz CT molecular complexity index is 938. The quantitative estimate of drug-likeness (QED) is 0.610. The van der Waals surface area contributed by atoms with Gasteiger partial charge in [0.05, 0.1) is 23.9 Å². The lowest BCUT2D eigenvalue weighted by molar-refractivity contribution is -0.190. The molecule has 4 rings (SSSR count). The lowest BCUT2D eigenvalue weighted by Crippen LogP contribution is -2.52. The Morgan fingerprint density at radius 2 is 2.06 bits per heavy atom. The highest BCUT2D eigenvalue weighted by atomic mass is 16.5. The zero-order chi connectivity index (χ0) is 23.4. The first kappa shape index (κ1) is 23.7. The van der Waals surface area contributed by atoms with Crippen LogP contribution in [0.4, 0.5) is 0 Å². The lowest BCUT2D eigenvalue weighted by Gasteiger charge is -2.48. The number of hydrogen-bond acceptors (Lipinski definition) is 5. The third kappa shape index (κ3) is 5.56. The first-order chi connectivity index (χ1) is 15.9. The Kier molecular flexibility index (Phi) is 7.35. The van der Waals surface area contributed by atoms with E-state index in [0.717, 1.165) is 42.6 Å². The highest BCUT2D eigenvalue weighted by molar-refractivity contribution is 5.94. The number of ether oxygens (including phenoxy) is 3. The second-order valence-electron chi connectivity index (χ2n) is 9.53. The predicted molar refractivity (Wildman–Crippen MR) is 128 cm³/mol. The number of carbonyl (C=O) groups excluding carboxylic acids is 1. The first-order valence-electron chi connectivity index (χ1n) is 12.1. The number of likely N-dealkylation sites (tertiary alicyclic amines) is 1. The van der Waals surface area contributed by atoms with E-state index in [1.54, 1.807) is 6.20 Å². The average Bonchev–Trinajstić information content (AvgIpc) is 2.81. The number of aromatic nitrogens is 1. The first-order valence-corrected chi connectivity index (χ1v) is 12.1. The molecule has 6 nitrogen and oxygen atoms in total. The number of carbonyl (C=O) groups is 1. The summed E-state index contributed by atoms with van der Waals surface area (Å²) in [7, 11) is 0. The second-order valence-corrected chi connectivity index (χ2v) is 9.53.